The zero-order chi connectivity index (χ0) is 17.7. The van der Waals surface area contributed by atoms with Gasteiger partial charge in [-0.3, -0.25) is 14.2 Å². The fraction of sp³-hybridized carbons (Fsp3) is 0.312. The summed E-state index contributed by atoms with van der Waals surface area (Å²) in [5, 5.41) is 12.8. The average Bonchev–Trinajstić information content (AvgIpc) is 2.60. The maximum atomic E-state index is 12.7. The number of thioether (sulfide) groups is 1. The van der Waals surface area contributed by atoms with Crippen molar-refractivity contribution in [1.29, 1.82) is 0 Å². The summed E-state index contributed by atoms with van der Waals surface area (Å²) in [7, 11) is 3.09. The van der Waals surface area contributed by atoms with Gasteiger partial charge >= 0.3 is 0 Å². The average molecular weight is 349 g/mol. The fourth-order valence-corrected chi connectivity index (χ4v) is 2.97. The second-order valence-electron chi connectivity index (χ2n) is 4.85. The van der Waals surface area contributed by atoms with Crippen LogP contribution in [0.2, 0.25) is 0 Å². The fourth-order valence-electron chi connectivity index (χ4n) is 2.09. The molecule has 24 heavy (non-hydrogen) atoms. The smallest absolute Gasteiger partial charge is 0.265 e. The Morgan fingerprint density at radius 3 is 2.58 bits per heavy atom. The zero-order valence-electron chi connectivity index (χ0n) is 13.7. The second-order valence-corrected chi connectivity index (χ2v) is 5.79. The number of ether oxygens (including phenoxy) is 1. The predicted octanol–water partition coefficient (Wildman–Crippen LogP) is 1.35. The minimum atomic E-state index is -0.352. The molecule has 128 valence electrons. The van der Waals surface area contributed by atoms with E-state index in [0.717, 1.165) is 11.8 Å². The molecule has 0 aliphatic heterocycles. The largest absolute Gasteiger partial charge is 0.497 e. The third kappa shape index (κ3) is 3.70. The van der Waals surface area contributed by atoms with E-state index >= 15 is 0 Å². The molecule has 0 fully saturated rings. The minimum Gasteiger partial charge on any atom is -0.497 e. The number of nitrogens with one attached hydrogen (secondary N) is 1. The van der Waals surface area contributed by atoms with Crippen molar-refractivity contribution in [2.24, 2.45) is 0 Å². The zero-order valence-corrected chi connectivity index (χ0v) is 14.5. The van der Waals surface area contributed by atoms with Gasteiger partial charge in [0, 0.05) is 7.05 Å². The molecular weight excluding hydrogens is 330 g/mol. The maximum absolute atomic E-state index is 12.7. The number of amides is 1. The number of aromatic hydroxyl groups is 1. The lowest BCUT2D eigenvalue weighted by atomic mass is 10.2. The first kappa shape index (κ1) is 17.9. The van der Waals surface area contributed by atoms with E-state index in [2.05, 4.69) is 10.3 Å². The molecule has 2 rings (SSSR count). The van der Waals surface area contributed by atoms with Crippen LogP contribution in [0.15, 0.2) is 34.2 Å². The molecule has 2 aromatic rings. The number of carbonyl (C=O) groups is 1. The number of nitrogens with zero attached hydrogens (tertiary/aromatic N) is 2. The van der Waals surface area contributed by atoms with Crippen LogP contribution in [-0.2, 0) is 11.2 Å². The SMILES string of the molecule is CCc1c(O)nc(SCC(=O)NC)n(-c2ccc(OC)cc2)c1=O. The summed E-state index contributed by atoms with van der Waals surface area (Å²) in [5.41, 5.74) is 0.465. The van der Waals surface area contributed by atoms with E-state index in [4.69, 9.17) is 4.74 Å². The molecule has 8 heteroatoms. The van der Waals surface area contributed by atoms with Gasteiger partial charge in [0.25, 0.3) is 5.56 Å². The van der Waals surface area contributed by atoms with Gasteiger partial charge in [0.2, 0.25) is 11.8 Å². The first-order valence-electron chi connectivity index (χ1n) is 7.34. The Labute approximate surface area is 143 Å². The van der Waals surface area contributed by atoms with Gasteiger partial charge in [-0.2, -0.15) is 4.98 Å². The molecule has 0 atom stereocenters. The maximum Gasteiger partial charge on any atom is 0.265 e. The molecule has 1 aromatic heterocycles. The van der Waals surface area contributed by atoms with Crippen molar-refractivity contribution >= 4 is 17.7 Å². The Morgan fingerprint density at radius 1 is 1.38 bits per heavy atom. The highest BCUT2D eigenvalue weighted by Gasteiger charge is 2.17. The van der Waals surface area contributed by atoms with Crippen molar-refractivity contribution in [3.05, 3.63) is 40.2 Å². The Bertz CT molecular complexity index is 787. The molecule has 0 saturated carbocycles. The lowest BCUT2D eigenvalue weighted by Crippen LogP contribution is -2.26. The van der Waals surface area contributed by atoms with Crippen molar-refractivity contribution in [1.82, 2.24) is 14.9 Å². The highest BCUT2D eigenvalue weighted by atomic mass is 32.2. The van der Waals surface area contributed by atoms with Crippen molar-refractivity contribution in [2.75, 3.05) is 19.9 Å². The second kappa shape index (κ2) is 7.87. The molecule has 1 amide bonds. The summed E-state index contributed by atoms with van der Waals surface area (Å²) in [5.74, 6) is 0.249. The molecule has 0 radical (unpaired) electrons. The number of aromatic nitrogens is 2. The number of rotatable bonds is 6. The Morgan fingerprint density at radius 2 is 2.04 bits per heavy atom. The van der Waals surface area contributed by atoms with Crippen LogP contribution in [0.4, 0.5) is 0 Å². The van der Waals surface area contributed by atoms with E-state index in [9.17, 15) is 14.7 Å². The molecule has 0 unspecified atom stereocenters. The topological polar surface area (TPSA) is 93.5 Å². The molecule has 0 bridgehead atoms. The molecule has 0 saturated heterocycles. The molecule has 7 nitrogen and oxygen atoms in total. The monoisotopic (exact) mass is 349 g/mol. The molecule has 0 aliphatic rings. The number of methoxy groups -OCH3 is 1. The third-order valence-corrected chi connectivity index (χ3v) is 4.36. The van der Waals surface area contributed by atoms with E-state index in [1.807, 2.05) is 0 Å². The van der Waals surface area contributed by atoms with Crippen LogP contribution in [-0.4, -0.2) is 40.5 Å². The van der Waals surface area contributed by atoms with Gasteiger partial charge in [-0.15, -0.1) is 0 Å². The van der Waals surface area contributed by atoms with Crippen LogP contribution >= 0.6 is 11.8 Å². The van der Waals surface area contributed by atoms with Crippen molar-refractivity contribution < 1.29 is 14.6 Å². The summed E-state index contributed by atoms with van der Waals surface area (Å²) in [4.78, 5) is 28.3. The van der Waals surface area contributed by atoms with E-state index in [1.54, 1.807) is 38.3 Å². The Hall–Kier alpha value is -2.48. The Balaban J connectivity index is 2.56. The summed E-state index contributed by atoms with van der Waals surface area (Å²) in [6, 6.07) is 6.91. The summed E-state index contributed by atoms with van der Waals surface area (Å²) >= 11 is 1.08. The first-order valence-corrected chi connectivity index (χ1v) is 8.33. The molecular formula is C16H19N3O4S. The quantitative estimate of drug-likeness (QED) is 0.604. The first-order chi connectivity index (χ1) is 11.5. The van der Waals surface area contributed by atoms with Gasteiger partial charge in [0.1, 0.15) is 5.75 Å². The standard InChI is InChI=1S/C16H19N3O4S/c1-4-12-14(21)18-16(24-9-13(20)17-2)19(15(12)22)10-5-7-11(23-3)8-6-10/h5-8,21H,4,9H2,1-3H3,(H,17,20). The van der Waals surface area contributed by atoms with Crippen molar-refractivity contribution in [3.8, 4) is 17.3 Å². The van der Waals surface area contributed by atoms with E-state index < -0.39 is 0 Å². The van der Waals surface area contributed by atoms with Crippen LogP contribution in [0.25, 0.3) is 5.69 Å². The number of hydrogen-bond donors (Lipinski definition) is 2. The van der Waals surface area contributed by atoms with Crippen molar-refractivity contribution in [3.63, 3.8) is 0 Å². The van der Waals surface area contributed by atoms with E-state index in [0.29, 0.717) is 17.9 Å². The molecule has 1 heterocycles. The van der Waals surface area contributed by atoms with Gasteiger partial charge in [-0.25, -0.2) is 0 Å². The van der Waals surface area contributed by atoms with Gasteiger partial charge in [-0.05, 0) is 30.7 Å². The lowest BCUT2D eigenvalue weighted by Gasteiger charge is -2.14. The summed E-state index contributed by atoms with van der Waals surface area (Å²) in [6.07, 6.45) is 0.355. The van der Waals surface area contributed by atoms with Crippen LogP contribution in [0.3, 0.4) is 0 Å². The highest BCUT2D eigenvalue weighted by molar-refractivity contribution is 7.99. The lowest BCUT2D eigenvalue weighted by molar-refractivity contribution is -0.118. The molecule has 2 N–H and O–H groups in total. The van der Waals surface area contributed by atoms with E-state index in [1.165, 1.54) is 11.6 Å². The summed E-state index contributed by atoms with van der Waals surface area (Å²) < 4.78 is 6.52. The summed E-state index contributed by atoms with van der Waals surface area (Å²) in [6.45, 7) is 1.77. The van der Waals surface area contributed by atoms with Crippen LogP contribution in [0.1, 0.15) is 12.5 Å². The van der Waals surface area contributed by atoms with Gasteiger partial charge in [-0.1, -0.05) is 18.7 Å². The van der Waals surface area contributed by atoms with Crippen molar-refractivity contribution in [2.45, 2.75) is 18.5 Å². The molecule has 1 aromatic carbocycles. The van der Waals surface area contributed by atoms with Gasteiger partial charge in [0.15, 0.2) is 5.16 Å². The number of hydrogen-bond acceptors (Lipinski definition) is 6. The van der Waals surface area contributed by atoms with Crippen LogP contribution in [0.5, 0.6) is 11.6 Å². The molecule has 0 spiro atoms. The molecule has 0 aliphatic carbocycles. The van der Waals surface area contributed by atoms with Crippen LogP contribution < -0.4 is 15.6 Å². The van der Waals surface area contributed by atoms with E-state index in [-0.39, 0.29) is 33.8 Å². The number of benzene rings is 1. The predicted molar refractivity (Wildman–Crippen MR) is 92.2 cm³/mol. The van der Waals surface area contributed by atoms with Crippen LogP contribution in [0, 0.1) is 0 Å². The Kier molecular flexibility index (Phi) is 5.86. The van der Waals surface area contributed by atoms with Gasteiger partial charge < -0.3 is 15.2 Å². The third-order valence-electron chi connectivity index (χ3n) is 3.42. The van der Waals surface area contributed by atoms with Gasteiger partial charge in [0.05, 0.1) is 24.1 Å². The minimum absolute atomic E-state index is 0.0873. The normalized spacial score (nSPS) is 10.5. The number of carbonyl (C=O) groups excluding carboxylic acids is 1. The highest BCUT2D eigenvalue weighted by Crippen LogP contribution is 2.23.